The van der Waals surface area contributed by atoms with Gasteiger partial charge < -0.3 is 10.0 Å². The number of rotatable bonds is 2. The van der Waals surface area contributed by atoms with E-state index >= 15 is 0 Å². The smallest absolute Gasteiger partial charge is 0.337 e. The molecule has 94 valence electrons. The van der Waals surface area contributed by atoms with Crippen molar-refractivity contribution in [2.24, 2.45) is 0 Å². The van der Waals surface area contributed by atoms with Crippen molar-refractivity contribution in [1.29, 1.82) is 0 Å². The number of hydrogen-bond donors (Lipinski definition) is 2. The van der Waals surface area contributed by atoms with E-state index in [-0.39, 0.29) is 17.8 Å². The van der Waals surface area contributed by atoms with Crippen molar-refractivity contribution in [3.05, 3.63) is 24.0 Å². The van der Waals surface area contributed by atoms with E-state index in [1.165, 1.54) is 23.4 Å². The van der Waals surface area contributed by atoms with Crippen LogP contribution in [-0.2, 0) is 9.59 Å². The summed E-state index contributed by atoms with van der Waals surface area (Å²) in [6.45, 7) is 1.53. The topological polar surface area (TPSA) is 99.6 Å². The van der Waals surface area contributed by atoms with Gasteiger partial charge in [-0.1, -0.05) is 0 Å². The molecule has 0 aliphatic carbocycles. The maximum absolute atomic E-state index is 11.5. The van der Waals surface area contributed by atoms with E-state index in [9.17, 15) is 14.4 Å². The Bertz CT molecular complexity index is 529. The molecule has 0 saturated carbocycles. The summed E-state index contributed by atoms with van der Waals surface area (Å²) in [5.74, 6) is -2.04. The fourth-order valence-electron chi connectivity index (χ4n) is 1.80. The molecule has 0 aromatic carbocycles. The van der Waals surface area contributed by atoms with Gasteiger partial charge in [-0.25, -0.2) is 4.79 Å². The third-order valence-corrected chi connectivity index (χ3v) is 2.76. The zero-order valence-electron chi connectivity index (χ0n) is 9.58. The molecule has 1 saturated heterocycles. The minimum atomic E-state index is -1.13. The molecule has 2 N–H and O–H groups in total. The third-order valence-electron chi connectivity index (χ3n) is 2.76. The lowest BCUT2D eigenvalue weighted by Crippen LogP contribution is -2.57. The molecule has 7 heteroatoms. The summed E-state index contributed by atoms with van der Waals surface area (Å²) < 4.78 is 0. The highest BCUT2D eigenvalue weighted by molar-refractivity contribution is 6.06. The van der Waals surface area contributed by atoms with Crippen LogP contribution in [-0.4, -0.2) is 40.5 Å². The van der Waals surface area contributed by atoms with Crippen molar-refractivity contribution in [2.45, 2.75) is 13.0 Å². The van der Waals surface area contributed by atoms with Gasteiger partial charge in [0.25, 0.3) is 0 Å². The van der Waals surface area contributed by atoms with Gasteiger partial charge in [0.05, 0.1) is 24.0 Å². The molecule has 1 aromatic heterocycles. The van der Waals surface area contributed by atoms with Gasteiger partial charge in [0.2, 0.25) is 11.8 Å². The molecule has 2 rings (SSSR count). The number of carboxylic acid groups (broad SMARTS) is 1. The van der Waals surface area contributed by atoms with Gasteiger partial charge >= 0.3 is 5.97 Å². The van der Waals surface area contributed by atoms with Crippen LogP contribution in [0.5, 0.6) is 0 Å². The third kappa shape index (κ3) is 2.02. The molecular formula is C11H11N3O4. The molecule has 1 aromatic rings. The number of carbonyl (C=O) groups is 3. The Labute approximate surface area is 102 Å². The second kappa shape index (κ2) is 4.44. The average Bonchev–Trinajstić information content (AvgIpc) is 2.33. The van der Waals surface area contributed by atoms with Gasteiger partial charge in [0.1, 0.15) is 6.04 Å². The standard InChI is InChI=1S/C11H11N3O4/c1-6-10(16)13-9(15)5-14(6)8-4-12-3-2-7(8)11(17)18/h2-4,6H,5H2,1H3,(H,17,18)(H,13,15,16). The molecule has 0 bridgehead atoms. The Kier molecular flexibility index (Phi) is 2.97. The number of anilines is 1. The van der Waals surface area contributed by atoms with Crippen LogP contribution < -0.4 is 10.2 Å². The van der Waals surface area contributed by atoms with Crippen molar-refractivity contribution in [3.63, 3.8) is 0 Å². The van der Waals surface area contributed by atoms with Gasteiger partial charge in [-0.3, -0.25) is 19.9 Å². The molecule has 1 aliphatic rings. The zero-order chi connectivity index (χ0) is 13.3. The maximum atomic E-state index is 11.5. The largest absolute Gasteiger partial charge is 0.478 e. The first-order chi connectivity index (χ1) is 8.50. The number of carboxylic acids is 1. The lowest BCUT2D eigenvalue weighted by molar-refractivity contribution is -0.132. The summed E-state index contributed by atoms with van der Waals surface area (Å²) in [6.07, 6.45) is 2.69. The van der Waals surface area contributed by atoms with Crippen LogP contribution in [0.2, 0.25) is 0 Å². The number of carbonyl (C=O) groups excluding carboxylic acids is 2. The molecule has 2 heterocycles. The summed E-state index contributed by atoms with van der Waals surface area (Å²) >= 11 is 0. The number of piperazine rings is 1. The Morgan fingerprint density at radius 3 is 2.94 bits per heavy atom. The maximum Gasteiger partial charge on any atom is 0.337 e. The first-order valence-corrected chi connectivity index (χ1v) is 5.28. The zero-order valence-corrected chi connectivity index (χ0v) is 9.58. The highest BCUT2D eigenvalue weighted by Crippen LogP contribution is 2.22. The number of aromatic nitrogens is 1. The monoisotopic (exact) mass is 249 g/mol. The molecule has 1 atom stereocenters. The molecule has 7 nitrogen and oxygen atoms in total. The fraction of sp³-hybridized carbons (Fsp3) is 0.273. The number of imide groups is 1. The first kappa shape index (κ1) is 12.0. The summed E-state index contributed by atoms with van der Waals surface area (Å²) in [6, 6.07) is 0.714. The van der Waals surface area contributed by atoms with Gasteiger partial charge in [0.15, 0.2) is 0 Å². The van der Waals surface area contributed by atoms with E-state index in [1.807, 2.05) is 0 Å². The van der Waals surface area contributed by atoms with Crippen molar-refractivity contribution >= 4 is 23.5 Å². The van der Waals surface area contributed by atoms with Crippen molar-refractivity contribution in [3.8, 4) is 0 Å². The Hall–Kier alpha value is -2.44. The van der Waals surface area contributed by atoms with Gasteiger partial charge in [-0.15, -0.1) is 0 Å². The molecule has 18 heavy (non-hydrogen) atoms. The van der Waals surface area contributed by atoms with E-state index in [0.717, 1.165) is 0 Å². The van der Waals surface area contributed by atoms with Crippen molar-refractivity contribution in [2.75, 3.05) is 11.4 Å². The second-order valence-corrected chi connectivity index (χ2v) is 3.91. The van der Waals surface area contributed by atoms with Crippen LogP contribution in [0.3, 0.4) is 0 Å². The highest BCUT2D eigenvalue weighted by Gasteiger charge is 2.32. The van der Waals surface area contributed by atoms with E-state index in [0.29, 0.717) is 0 Å². The van der Waals surface area contributed by atoms with E-state index in [2.05, 4.69) is 10.3 Å². The lowest BCUT2D eigenvalue weighted by atomic mass is 10.1. The predicted molar refractivity (Wildman–Crippen MR) is 61.2 cm³/mol. The van der Waals surface area contributed by atoms with Crippen LogP contribution in [0.15, 0.2) is 18.5 Å². The Balaban J connectivity index is 2.44. The van der Waals surface area contributed by atoms with Crippen LogP contribution in [0.1, 0.15) is 17.3 Å². The molecule has 1 aliphatic heterocycles. The summed E-state index contributed by atoms with van der Waals surface area (Å²) in [5, 5.41) is 11.3. The molecule has 1 unspecified atom stereocenters. The molecule has 1 fully saturated rings. The minimum absolute atomic E-state index is 0.0133. The highest BCUT2D eigenvalue weighted by atomic mass is 16.4. The fourth-order valence-corrected chi connectivity index (χ4v) is 1.80. The van der Waals surface area contributed by atoms with Crippen LogP contribution in [0, 0.1) is 0 Å². The normalized spacial score (nSPS) is 19.6. The summed E-state index contributed by atoms with van der Waals surface area (Å²) in [5.41, 5.74) is 0.278. The van der Waals surface area contributed by atoms with E-state index in [4.69, 9.17) is 5.11 Å². The van der Waals surface area contributed by atoms with Crippen molar-refractivity contribution in [1.82, 2.24) is 10.3 Å². The number of hydrogen-bond acceptors (Lipinski definition) is 5. The van der Waals surface area contributed by atoms with Gasteiger partial charge in [-0.2, -0.15) is 0 Å². The Morgan fingerprint density at radius 2 is 2.28 bits per heavy atom. The van der Waals surface area contributed by atoms with Crippen LogP contribution in [0.25, 0.3) is 0 Å². The van der Waals surface area contributed by atoms with E-state index < -0.39 is 23.8 Å². The second-order valence-electron chi connectivity index (χ2n) is 3.91. The SMILES string of the molecule is CC1C(=O)NC(=O)CN1c1cnccc1C(=O)O. The molecule has 0 spiro atoms. The summed E-state index contributed by atoms with van der Waals surface area (Å²) in [7, 11) is 0. The summed E-state index contributed by atoms with van der Waals surface area (Å²) in [4.78, 5) is 39.2. The van der Waals surface area contributed by atoms with Gasteiger partial charge in [0, 0.05) is 6.20 Å². The quantitative estimate of drug-likeness (QED) is 0.694. The van der Waals surface area contributed by atoms with Crippen molar-refractivity contribution < 1.29 is 19.5 Å². The lowest BCUT2D eigenvalue weighted by Gasteiger charge is -2.33. The molecule has 2 amide bonds. The number of aromatic carboxylic acids is 1. The first-order valence-electron chi connectivity index (χ1n) is 5.28. The number of nitrogens with one attached hydrogen (secondary N) is 1. The minimum Gasteiger partial charge on any atom is -0.478 e. The van der Waals surface area contributed by atoms with Gasteiger partial charge in [-0.05, 0) is 13.0 Å². The molecular weight excluding hydrogens is 238 g/mol. The average molecular weight is 249 g/mol. The predicted octanol–water partition coefficient (Wildman–Crippen LogP) is -0.369. The van der Waals surface area contributed by atoms with E-state index in [1.54, 1.807) is 6.92 Å². The Morgan fingerprint density at radius 1 is 1.56 bits per heavy atom. The van der Waals surface area contributed by atoms with Crippen LogP contribution in [0.4, 0.5) is 5.69 Å². The molecule has 0 radical (unpaired) electrons. The number of nitrogens with zero attached hydrogens (tertiary/aromatic N) is 2. The number of pyridine rings is 1. The number of amides is 2. The van der Waals surface area contributed by atoms with Crippen LogP contribution >= 0.6 is 0 Å².